The lowest BCUT2D eigenvalue weighted by atomic mass is 10.1. The topological polar surface area (TPSA) is 80.6 Å². The molecule has 6 nitrogen and oxygen atoms in total. The van der Waals surface area contributed by atoms with Crippen molar-refractivity contribution in [1.29, 1.82) is 5.26 Å². The first kappa shape index (κ1) is 28.5. The molecule has 0 aliphatic heterocycles. The molecule has 1 amide bonds. The van der Waals surface area contributed by atoms with E-state index in [1.165, 1.54) is 6.08 Å². The third-order valence-corrected chi connectivity index (χ3v) is 6.38. The maximum Gasteiger partial charge on any atom is 0.266 e. The molecule has 4 rings (SSSR count). The molecule has 4 aromatic rings. The smallest absolute Gasteiger partial charge is 0.266 e. The quantitative estimate of drug-likeness (QED) is 0.141. The zero-order valence-corrected chi connectivity index (χ0v) is 23.9. The van der Waals surface area contributed by atoms with E-state index in [-0.39, 0.29) is 12.2 Å². The third kappa shape index (κ3) is 7.98. The van der Waals surface area contributed by atoms with Crippen LogP contribution in [0.25, 0.3) is 6.08 Å². The number of hydrogen-bond acceptors (Lipinski definition) is 5. The highest BCUT2D eigenvalue weighted by Gasteiger charge is 2.13. The Balaban J connectivity index is 1.49. The van der Waals surface area contributed by atoms with Crippen LogP contribution in [0.15, 0.2) is 101 Å². The van der Waals surface area contributed by atoms with E-state index < -0.39 is 5.91 Å². The van der Waals surface area contributed by atoms with Crippen LogP contribution in [-0.2, 0) is 18.0 Å². The fourth-order valence-corrected chi connectivity index (χ4v) is 4.21. The number of ether oxygens (including phenoxy) is 3. The average Bonchev–Trinajstić information content (AvgIpc) is 2.96. The third-order valence-electron chi connectivity index (χ3n) is 5.89. The second-order valence-electron chi connectivity index (χ2n) is 8.95. The van der Waals surface area contributed by atoms with Crippen LogP contribution in [0.4, 0.5) is 5.69 Å². The molecule has 0 aromatic heterocycles. The fourth-order valence-electron chi connectivity index (χ4n) is 3.83. The summed E-state index contributed by atoms with van der Waals surface area (Å²) < 4.78 is 18.8. The Hall–Kier alpha value is -4.54. The van der Waals surface area contributed by atoms with Gasteiger partial charge in [-0.15, -0.1) is 0 Å². The average molecular weight is 598 g/mol. The number of halogens is 1. The molecule has 0 bridgehead atoms. The van der Waals surface area contributed by atoms with Gasteiger partial charge in [0.05, 0.1) is 6.61 Å². The predicted molar refractivity (Wildman–Crippen MR) is 160 cm³/mol. The van der Waals surface area contributed by atoms with Gasteiger partial charge in [-0.2, -0.15) is 5.26 Å². The maximum atomic E-state index is 12.8. The number of carbonyl (C=O) groups excluding carboxylic acids is 1. The first-order chi connectivity index (χ1) is 19.4. The highest BCUT2D eigenvalue weighted by Crippen LogP contribution is 2.31. The number of nitrogens with one attached hydrogen (secondary N) is 1. The summed E-state index contributed by atoms with van der Waals surface area (Å²) in [6.45, 7) is 5.07. The van der Waals surface area contributed by atoms with E-state index in [0.29, 0.717) is 41.7 Å². The summed E-state index contributed by atoms with van der Waals surface area (Å²) in [6, 6.07) is 30.5. The molecule has 4 aromatic carbocycles. The van der Waals surface area contributed by atoms with E-state index in [2.05, 4.69) is 21.2 Å². The van der Waals surface area contributed by atoms with E-state index >= 15 is 0 Å². The second kappa shape index (κ2) is 14.0. The van der Waals surface area contributed by atoms with Crippen LogP contribution in [0.2, 0.25) is 0 Å². The van der Waals surface area contributed by atoms with Gasteiger partial charge in [0.1, 0.15) is 30.6 Å². The molecule has 0 saturated carbocycles. The van der Waals surface area contributed by atoms with Crippen LogP contribution >= 0.6 is 15.9 Å². The van der Waals surface area contributed by atoms with Gasteiger partial charge in [0, 0.05) is 15.7 Å². The van der Waals surface area contributed by atoms with Crippen LogP contribution in [0.1, 0.15) is 29.2 Å². The largest absolute Gasteiger partial charge is 0.490 e. The van der Waals surface area contributed by atoms with Crippen molar-refractivity contribution in [3.8, 4) is 23.3 Å². The molecule has 0 atom stereocenters. The molecule has 40 heavy (non-hydrogen) atoms. The fraction of sp³-hybridized carbons (Fsp3) is 0.152. The zero-order valence-electron chi connectivity index (χ0n) is 22.3. The summed E-state index contributed by atoms with van der Waals surface area (Å²) in [6.07, 6.45) is 1.52. The Morgan fingerprint density at radius 2 is 1.55 bits per heavy atom. The molecule has 0 saturated heterocycles. The van der Waals surface area contributed by atoms with Gasteiger partial charge in [-0.05, 0) is 73.5 Å². The van der Waals surface area contributed by atoms with Gasteiger partial charge in [0.25, 0.3) is 5.91 Å². The first-order valence-corrected chi connectivity index (χ1v) is 13.6. The highest BCUT2D eigenvalue weighted by molar-refractivity contribution is 9.10. The lowest BCUT2D eigenvalue weighted by molar-refractivity contribution is -0.112. The van der Waals surface area contributed by atoms with Gasteiger partial charge < -0.3 is 19.5 Å². The van der Waals surface area contributed by atoms with Gasteiger partial charge in [-0.25, -0.2) is 0 Å². The van der Waals surface area contributed by atoms with E-state index in [9.17, 15) is 10.1 Å². The van der Waals surface area contributed by atoms with E-state index in [1.54, 1.807) is 24.3 Å². The molecule has 0 fully saturated rings. The number of aryl methyl sites for hydroxylation is 1. The molecule has 0 aliphatic carbocycles. The number of nitriles is 1. The van der Waals surface area contributed by atoms with E-state index in [4.69, 9.17) is 14.2 Å². The second-order valence-corrected chi connectivity index (χ2v) is 9.86. The van der Waals surface area contributed by atoms with Crippen molar-refractivity contribution in [2.45, 2.75) is 27.1 Å². The lowest BCUT2D eigenvalue weighted by Gasteiger charge is -2.15. The van der Waals surface area contributed by atoms with Crippen molar-refractivity contribution >= 4 is 33.6 Å². The Bertz CT molecular complexity index is 1530. The molecule has 7 heteroatoms. The van der Waals surface area contributed by atoms with Crippen molar-refractivity contribution in [2.24, 2.45) is 0 Å². The first-order valence-electron chi connectivity index (χ1n) is 12.8. The number of benzene rings is 4. The minimum atomic E-state index is -0.496. The maximum absolute atomic E-state index is 12.8. The molecule has 0 unspecified atom stereocenters. The molecule has 202 valence electrons. The number of hydrogen-bond donors (Lipinski definition) is 1. The van der Waals surface area contributed by atoms with Gasteiger partial charge in [0.2, 0.25) is 0 Å². The molecule has 0 radical (unpaired) electrons. The lowest BCUT2D eigenvalue weighted by Crippen LogP contribution is -2.13. The number of amides is 1. The standard InChI is InChI=1S/C33H29BrN2O4/c1-3-38-32-17-25(11-15-31(32)40-21-24-7-5-4-6-8-24)22-39-30-16-12-28(34)19-26(30)18-27(20-35)33(37)36-29-13-9-23(2)10-14-29/h4-19H,3,21-22H2,1-2H3,(H,36,37)/b27-18-. The van der Waals surface area contributed by atoms with E-state index in [1.807, 2.05) is 86.6 Å². The Labute approximate surface area is 243 Å². The summed E-state index contributed by atoms with van der Waals surface area (Å²) in [5.74, 6) is 1.32. The van der Waals surface area contributed by atoms with Gasteiger partial charge in [0.15, 0.2) is 11.5 Å². The van der Waals surface area contributed by atoms with Crippen molar-refractivity contribution < 1.29 is 19.0 Å². The molecular formula is C33H29BrN2O4. The van der Waals surface area contributed by atoms with E-state index in [0.717, 1.165) is 21.2 Å². The number of anilines is 1. The monoisotopic (exact) mass is 596 g/mol. The summed E-state index contributed by atoms with van der Waals surface area (Å²) in [5, 5.41) is 12.5. The number of rotatable bonds is 11. The molecule has 0 heterocycles. The van der Waals surface area contributed by atoms with Crippen LogP contribution in [0.3, 0.4) is 0 Å². The molecule has 0 aliphatic rings. The minimum absolute atomic E-state index is 0.0397. The van der Waals surface area contributed by atoms with Gasteiger partial charge in [-0.3, -0.25) is 4.79 Å². The predicted octanol–water partition coefficient (Wildman–Crippen LogP) is 7.86. The Morgan fingerprint density at radius 1 is 0.850 bits per heavy atom. The molecular weight excluding hydrogens is 568 g/mol. The summed E-state index contributed by atoms with van der Waals surface area (Å²) in [5.41, 5.74) is 4.19. The highest BCUT2D eigenvalue weighted by atomic mass is 79.9. The van der Waals surface area contributed by atoms with Gasteiger partial charge >= 0.3 is 0 Å². The Kier molecular flexibility index (Phi) is 9.98. The minimum Gasteiger partial charge on any atom is -0.490 e. The van der Waals surface area contributed by atoms with Crippen LogP contribution in [0, 0.1) is 18.3 Å². The molecule has 0 spiro atoms. The van der Waals surface area contributed by atoms with Crippen LogP contribution in [-0.4, -0.2) is 12.5 Å². The van der Waals surface area contributed by atoms with Crippen molar-refractivity contribution in [3.05, 3.63) is 123 Å². The van der Waals surface area contributed by atoms with Crippen LogP contribution < -0.4 is 19.5 Å². The van der Waals surface area contributed by atoms with Crippen molar-refractivity contribution in [3.63, 3.8) is 0 Å². The Morgan fingerprint density at radius 3 is 2.27 bits per heavy atom. The van der Waals surface area contributed by atoms with Crippen molar-refractivity contribution in [2.75, 3.05) is 11.9 Å². The SMILES string of the molecule is CCOc1cc(COc2ccc(Br)cc2/C=C(/C#N)C(=O)Nc2ccc(C)cc2)ccc1OCc1ccccc1. The van der Waals surface area contributed by atoms with Gasteiger partial charge in [-0.1, -0.05) is 70.0 Å². The summed E-state index contributed by atoms with van der Waals surface area (Å²) in [4.78, 5) is 12.8. The van der Waals surface area contributed by atoms with Crippen molar-refractivity contribution in [1.82, 2.24) is 0 Å². The normalized spacial score (nSPS) is 10.9. The number of nitrogens with zero attached hydrogens (tertiary/aromatic N) is 1. The number of carbonyl (C=O) groups is 1. The zero-order chi connectivity index (χ0) is 28.3. The summed E-state index contributed by atoms with van der Waals surface area (Å²) in [7, 11) is 0. The summed E-state index contributed by atoms with van der Waals surface area (Å²) >= 11 is 3.47. The van der Waals surface area contributed by atoms with Crippen LogP contribution in [0.5, 0.6) is 17.2 Å². The molecule has 1 N–H and O–H groups in total.